The molecule has 1 N–H and O–H groups in total. The third-order valence-electron chi connectivity index (χ3n) is 4.33. The van der Waals surface area contributed by atoms with Gasteiger partial charge in [-0.1, -0.05) is 11.8 Å². The monoisotopic (exact) mass is 404 g/mol. The Balaban J connectivity index is 1.45. The van der Waals surface area contributed by atoms with Crippen molar-refractivity contribution in [3.05, 3.63) is 30.6 Å². The largest absolute Gasteiger partial charge is 0.378 e. The number of hydrogen-bond donors (Lipinski definition) is 1. The SMILES string of the molecule is CN(CC(=O)Nc1ccc(N2CCOCC2)cc1)C(=O)CSc1nncn1C. The van der Waals surface area contributed by atoms with Crippen molar-refractivity contribution in [3.63, 3.8) is 0 Å². The number of nitrogens with zero attached hydrogens (tertiary/aromatic N) is 5. The summed E-state index contributed by atoms with van der Waals surface area (Å²) >= 11 is 1.29. The van der Waals surface area contributed by atoms with Gasteiger partial charge in [-0.25, -0.2) is 0 Å². The maximum atomic E-state index is 12.2. The molecule has 0 spiro atoms. The highest BCUT2D eigenvalue weighted by Gasteiger charge is 2.15. The molecule has 0 atom stereocenters. The van der Waals surface area contributed by atoms with Crippen LogP contribution in [0.3, 0.4) is 0 Å². The Bertz CT molecular complexity index is 804. The van der Waals surface area contributed by atoms with E-state index < -0.39 is 0 Å². The van der Waals surface area contributed by atoms with Crippen LogP contribution in [0.15, 0.2) is 35.7 Å². The number of benzene rings is 1. The van der Waals surface area contributed by atoms with Crippen LogP contribution in [0, 0.1) is 0 Å². The van der Waals surface area contributed by atoms with E-state index in [0.717, 1.165) is 32.0 Å². The van der Waals surface area contributed by atoms with E-state index in [4.69, 9.17) is 4.74 Å². The summed E-state index contributed by atoms with van der Waals surface area (Å²) in [5, 5.41) is 11.2. The van der Waals surface area contributed by atoms with Crippen LogP contribution in [0.1, 0.15) is 0 Å². The summed E-state index contributed by atoms with van der Waals surface area (Å²) < 4.78 is 7.10. The predicted octanol–water partition coefficient (Wildman–Crippen LogP) is 0.841. The lowest BCUT2D eigenvalue weighted by Gasteiger charge is -2.28. The Hall–Kier alpha value is -2.59. The Morgan fingerprint density at radius 1 is 1.25 bits per heavy atom. The number of anilines is 2. The first-order valence-corrected chi connectivity index (χ1v) is 9.95. The number of carbonyl (C=O) groups excluding carboxylic acids is 2. The molecular weight excluding hydrogens is 380 g/mol. The van der Waals surface area contributed by atoms with E-state index in [1.807, 2.05) is 31.3 Å². The van der Waals surface area contributed by atoms with Gasteiger partial charge in [0, 0.05) is 38.6 Å². The van der Waals surface area contributed by atoms with Crippen LogP contribution < -0.4 is 10.2 Å². The Morgan fingerprint density at radius 3 is 2.61 bits per heavy atom. The molecule has 150 valence electrons. The van der Waals surface area contributed by atoms with Gasteiger partial charge >= 0.3 is 0 Å². The number of aromatic nitrogens is 3. The van der Waals surface area contributed by atoms with Gasteiger partial charge in [-0.2, -0.15) is 0 Å². The molecule has 0 saturated carbocycles. The average Bonchev–Trinajstić information content (AvgIpc) is 3.12. The minimum Gasteiger partial charge on any atom is -0.378 e. The van der Waals surface area contributed by atoms with Crippen molar-refractivity contribution in [1.29, 1.82) is 0 Å². The lowest BCUT2D eigenvalue weighted by molar-refractivity contribution is -0.131. The molecule has 1 aliphatic rings. The predicted molar refractivity (Wildman–Crippen MR) is 107 cm³/mol. The number of ether oxygens (including phenoxy) is 1. The van der Waals surface area contributed by atoms with Crippen molar-refractivity contribution in [3.8, 4) is 0 Å². The molecule has 9 nitrogen and oxygen atoms in total. The summed E-state index contributed by atoms with van der Waals surface area (Å²) in [6.45, 7) is 3.18. The summed E-state index contributed by atoms with van der Waals surface area (Å²) in [7, 11) is 3.43. The fourth-order valence-corrected chi connectivity index (χ4v) is 3.55. The number of morpholine rings is 1. The molecule has 2 heterocycles. The molecule has 1 aliphatic heterocycles. The van der Waals surface area contributed by atoms with Crippen LogP contribution in [-0.2, 0) is 21.4 Å². The van der Waals surface area contributed by atoms with E-state index in [2.05, 4.69) is 20.4 Å². The van der Waals surface area contributed by atoms with Crippen LogP contribution in [0.4, 0.5) is 11.4 Å². The highest BCUT2D eigenvalue weighted by atomic mass is 32.2. The van der Waals surface area contributed by atoms with Gasteiger partial charge in [-0.15, -0.1) is 10.2 Å². The second kappa shape index (κ2) is 9.56. The minimum atomic E-state index is -0.237. The maximum absolute atomic E-state index is 12.2. The van der Waals surface area contributed by atoms with Crippen LogP contribution in [0.25, 0.3) is 0 Å². The summed E-state index contributed by atoms with van der Waals surface area (Å²) in [4.78, 5) is 28.1. The van der Waals surface area contributed by atoms with Crippen LogP contribution in [-0.4, -0.2) is 77.1 Å². The summed E-state index contributed by atoms with van der Waals surface area (Å²) in [5.74, 6) is -0.186. The zero-order chi connectivity index (χ0) is 19.9. The molecule has 1 aromatic heterocycles. The molecule has 2 amide bonds. The molecule has 0 radical (unpaired) electrons. The Kier molecular flexibility index (Phi) is 6.88. The van der Waals surface area contributed by atoms with Gasteiger partial charge in [-0.3, -0.25) is 9.59 Å². The minimum absolute atomic E-state index is 0.0105. The number of carbonyl (C=O) groups is 2. The van der Waals surface area contributed by atoms with Crippen molar-refractivity contribution in [2.75, 3.05) is 55.9 Å². The van der Waals surface area contributed by atoms with Crippen molar-refractivity contribution >= 4 is 35.0 Å². The van der Waals surface area contributed by atoms with Gasteiger partial charge in [-0.05, 0) is 24.3 Å². The number of thioether (sulfide) groups is 1. The van der Waals surface area contributed by atoms with Gasteiger partial charge in [0.1, 0.15) is 6.33 Å². The molecule has 3 rings (SSSR count). The summed E-state index contributed by atoms with van der Waals surface area (Å²) in [6, 6.07) is 7.70. The molecule has 0 bridgehead atoms. The maximum Gasteiger partial charge on any atom is 0.243 e. The van der Waals surface area contributed by atoms with Gasteiger partial charge in [0.2, 0.25) is 11.8 Å². The zero-order valence-electron chi connectivity index (χ0n) is 16.0. The zero-order valence-corrected chi connectivity index (χ0v) is 16.8. The number of hydrogen-bond acceptors (Lipinski definition) is 7. The highest BCUT2D eigenvalue weighted by Crippen LogP contribution is 2.19. The second-order valence-corrected chi connectivity index (χ2v) is 7.40. The molecule has 28 heavy (non-hydrogen) atoms. The first-order valence-electron chi connectivity index (χ1n) is 8.96. The molecule has 1 saturated heterocycles. The Morgan fingerprint density at radius 2 is 1.96 bits per heavy atom. The fraction of sp³-hybridized carbons (Fsp3) is 0.444. The number of rotatable bonds is 7. The number of likely N-dealkylation sites (N-methyl/N-ethyl adjacent to an activating group) is 1. The summed E-state index contributed by atoms with van der Waals surface area (Å²) in [6.07, 6.45) is 1.58. The lowest BCUT2D eigenvalue weighted by atomic mass is 10.2. The van der Waals surface area contributed by atoms with Crippen molar-refractivity contribution in [2.45, 2.75) is 5.16 Å². The molecule has 0 unspecified atom stereocenters. The quantitative estimate of drug-likeness (QED) is 0.684. The summed E-state index contributed by atoms with van der Waals surface area (Å²) in [5.41, 5.74) is 1.81. The van der Waals surface area contributed by atoms with E-state index >= 15 is 0 Å². The van der Waals surface area contributed by atoms with Crippen molar-refractivity contribution in [1.82, 2.24) is 19.7 Å². The third kappa shape index (κ3) is 5.46. The molecule has 1 fully saturated rings. The van der Waals surface area contributed by atoms with Gasteiger partial charge in [0.25, 0.3) is 0 Å². The standard InChI is InChI=1S/C18H24N6O3S/c1-22(17(26)12-28-18-21-19-13-23(18)2)11-16(25)20-14-3-5-15(6-4-14)24-7-9-27-10-8-24/h3-6,13H,7-12H2,1-2H3,(H,20,25). The number of nitrogens with one attached hydrogen (secondary N) is 1. The third-order valence-corrected chi connectivity index (χ3v) is 5.35. The highest BCUT2D eigenvalue weighted by molar-refractivity contribution is 7.99. The van der Waals surface area contributed by atoms with Crippen molar-refractivity contribution < 1.29 is 14.3 Å². The Labute approximate surface area is 168 Å². The molecule has 10 heteroatoms. The average molecular weight is 404 g/mol. The fourth-order valence-electron chi connectivity index (χ4n) is 2.72. The smallest absolute Gasteiger partial charge is 0.243 e. The van der Waals surface area contributed by atoms with E-state index in [9.17, 15) is 9.59 Å². The second-order valence-electron chi connectivity index (χ2n) is 6.46. The first-order chi connectivity index (χ1) is 13.5. The van der Waals surface area contributed by atoms with E-state index in [0.29, 0.717) is 10.8 Å². The van der Waals surface area contributed by atoms with Crippen molar-refractivity contribution in [2.24, 2.45) is 7.05 Å². The molecule has 1 aromatic carbocycles. The first kappa shape index (κ1) is 20.2. The molecule has 2 aromatic rings. The molecule has 0 aliphatic carbocycles. The van der Waals surface area contributed by atoms with E-state index in [1.165, 1.54) is 16.7 Å². The van der Waals surface area contributed by atoms with E-state index in [1.54, 1.807) is 17.9 Å². The van der Waals surface area contributed by atoms with Gasteiger partial charge < -0.3 is 24.4 Å². The van der Waals surface area contributed by atoms with Crippen LogP contribution >= 0.6 is 11.8 Å². The van der Waals surface area contributed by atoms with Gasteiger partial charge in [0.05, 0.1) is 25.5 Å². The number of amides is 2. The van der Waals surface area contributed by atoms with Gasteiger partial charge in [0.15, 0.2) is 5.16 Å². The lowest BCUT2D eigenvalue weighted by Crippen LogP contribution is -2.36. The van der Waals surface area contributed by atoms with Crippen LogP contribution in [0.5, 0.6) is 0 Å². The topological polar surface area (TPSA) is 92.6 Å². The van der Waals surface area contributed by atoms with E-state index in [-0.39, 0.29) is 24.1 Å². The number of aryl methyl sites for hydroxylation is 1. The normalized spacial score (nSPS) is 14.0. The molecular formula is C18H24N6O3S. The van der Waals surface area contributed by atoms with Crippen LogP contribution in [0.2, 0.25) is 0 Å².